The summed E-state index contributed by atoms with van der Waals surface area (Å²) in [6, 6.07) is 0. The van der Waals surface area contributed by atoms with Crippen LogP contribution in [0.3, 0.4) is 0 Å². The second-order valence-corrected chi connectivity index (χ2v) is 14.9. The lowest BCUT2D eigenvalue weighted by atomic mass is 9.41. The van der Waals surface area contributed by atoms with E-state index in [0.29, 0.717) is 17.8 Å². The third kappa shape index (κ3) is 2.92. The first-order chi connectivity index (χ1) is 15.8. The normalized spacial score (nSPS) is 57.4. The minimum Gasteiger partial charge on any atom is -0.393 e. The monoisotopic (exact) mass is 472 g/mol. The topological polar surface area (TPSA) is 62.2 Å². The predicted molar refractivity (Wildman–Crippen MR) is 133 cm³/mol. The molecule has 6 rings (SSSR count). The summed E-state index contributed by atoms with van der Waals surface area (Å²) in [5, 5.41) is 21.9. The Balaban J connectivity index is 1.29. The standard InChI is InChI=1S/C30H48O4/c1-26(2)22-9-8-20-19(28(22,5)13-12-23(26)31)11-15-29(6)18(10-14-30(20,29)7)17-16-21(33-25(17)32)24-27(3,4)34-24/h8,17-19,21-25,31-32H,9-16H2,1-7H3/t17-,18+,19?,21-,22?,23+,24?,25?,28-,29?,30-/m1/s1. The minimum absolute atomic E-state index is 0.0200. The first kappa shape index (κ1) is 23.9. The van der Waals surface area contributed by atoms with Crippen molar-refractivity contribution < 1.29 is 19.7 Å². The maximum atomic E-state index is 11.0. The zero-order chi connectivity index (χ0) is 24.5. The molecule has 4 nitrogen and oxygen atoms in total. The van der Waals surface area contributed by atoms with Gasteiger partial charge in [-0.1, -0.05) is 46.3 Å². The largest absolute Gasteiger partial charge is 0.393 e. The first-order valence-corrected chi connectivity index (χ1v) is 14.2. The van der Waals surface area contributed by atoms with E-state index in [2.05, 4.69) is 54.5 Å². The fourth-order valence-electron chi connectivity index (χ4n) is 10.5. The molecule has 2 aliphatic heterocycles. The Morgan fingerprint density at radius 3 is 2.29 bits per heavy atom. The lowest BCUT2D eigenvalue weighted by Gasteiger charge is -2.64. The highest BCUT2D eigenvalue weighted by Gasteiger charge is 2.67. The molecule has 0 aromatic rings. The molecule has 4 heteroatoms. The average molecular weight is 473 g/mol. The molecule has 11 atom stereocenters. The second kappa shape index (κ2) is 7.11. The van der Waals surface area contributed by atoms with E-state index in [4.69, 9.17) is 9.47 Å². The van der Waals surface area contributed by atoms with Gasteiger partial charge in [-0.2, -0.15) is 0 Å². The Morgan fingerprint density at radius 2 is 1.62 bits per heavy atom. The Bertz CT molecular complexity index is 892. The lowest BCUT2D eigenvalue weighted by molar-refractivity contribution is -0.143. The van der Waals surface area contributed by atoms with Gasteiger partial charge in [-0.15, -0.1) is 0 Å². The molecule has 6 aliphatic rings. The number of rotatable bonds is 2. The molecule has 4 aliphatic carbocycles. The van der Waals surface area contributed by atoms with Gasteiger partial charge in [0.05, 0.1) is 17.8 Å². The first-order valence-electron chi connectivity index (χ1n) is 14.2. The molecule has 0 amide bonds. The average Bonchev–Trinajstić information content (AvgIpc) is 3.08. The Hall–Kier alpha value is -0.420. The zero-order valence-electron chi connectivity index (χ0n) is 22.6. The highest BCUT2D eigenvalue weighted by Crippen LogP contribution is 2.73. The summed E-state index contributed by atoms with van der Waals surface area (Å²) in [5.41, 5.74) is 2.28. The molecule has 0 radical (unpaired) electrons. The van der Waals surface area contributed by atoms with E-state index in [0.717, 1.165) is 25.7 Å². The summed E-state index contributed by atoms with van der Waals surface area (Å²) in [6.45, 7) is 16.5. The summed E-state index contributed by atoms with van der Waals surface area (Å²) in [5.74, 6) is 1.89. The van der Waals surface area contributed by atoms with E-state index < -0.39 is 6.29 Å². The maximum absolute atomic E-state index is 11.0. The summed E-state index contributed by atoms with van der Waals surface area (Å²) in [7, 11) is 0. The maximum Gasteiger partial charge on any atom is 0.158 e. The fourth-order valence-corrected chi connectivity index (χ4v) is 10.5. The third-order valence-electron chi connectivity index (χ3n) is 13.0. The Morgan fingerprint density at radius 1 is 0.912 bits per heavy atom. The van der Waals surface area contributed by atoms with Gasteiger partial charge in [0, 0.05) is 5.92 Å². The van der Waals surface area contributed by atoms with Crippen molar-refractivity contribution in [2.75, 3.05) is 0 Å². The number of fused-ring (bicyclic) bond motifs is 5. The van der Waals surface area contributed by atoms with Gasteiger partial charge in [0.2, 0.25) is 0 Å². The van der Waals surface area contributed by atoms with Crippen molar-refractivity contribution in [2.45, 2.75) is 130 Å². The SMILES string of the molecule is CC1(C)OC1[C@H]1C[C@H]([C@@H]2CC[C@]3(C)C4=CCC5C(C)(C)[C@@H](O)CC[C@]5(C)C4CCC23C)C(O)O1. The molecule has 2 N–H and O–H groups in total. The molecular formula is C30H48O4. The van der Waals surface area contributed by atoms with Crippen LogP contribution in [0.4, 0.5) is 0 Å². The van der Waals surface area contributed by atoms with Crippen LogP contribution in [-0.4, -0.2) is 40.4 Å². The molecule has 5 unspecified atom stereocenters. The van der Waals surface area contributed by atoms with E-state index in [1.54, 1.807) is 5.57 Å². The van der Waals surface area contributed by atoms with E-state index in [1.165, 1.54) is 25.7 Å². The smallest absolute Gasteiger partial charge is 0.158 e. The summed E-state index contributed by atoms with van der Waals surface area (Å²) < 4.78 is 12.0. The van der Waals surface area contributed by atoms with Gasteiger partial charge in [0.25, 0.3) is 0 Å². The van der Waals surface area contributed by atoms with Crippen molar-refractivity contribution in [3.05, 3.63) is 11.6 Å². The molecule has 0 spiro atoms. The van der Waals surface area contributed by atoms with Gasteiger partial charge in [-0.3, -0.25) is 0 Å². The van der Waals surface area contributed by atoms with E-state index >= 15 is 0 Å². The lowest BCUT2D eigenvalue weighted by Crippen LogP contribution is -2.58. The Labute approximate surface area is 206 Å². The van der Waals surface area contributed by atoms with Crippen LogP contribution in [0.1, 0.15) is 99.8 Å². The van der Waals surface area contributed by atoms with E-state index in [1.807, 2.05) is 0 Å². The van der Waals surface area contributed by atoms with Gasteiger partial charge in [0.15, 0.2) is 6.29 Å². The number of ether oxygens (including phenoxy) is 2. The van der Waals surface area contributed by atoms with Crippen molar-refractivity contribution in [2.24, 2.45) is 45.3 Å². The highest BCUT2D eigenvalue weighted by molar-refractivity contribution is 5.33. The minimum atomic E-state index is -0.658. The molecule has 0 aromatic carbocycles. The van der Waals surface area contributed by atoms with Crippen LogP contribution in [0.5, 0.6) is 0 Å². The number of hydrogen-bond acceptors (Lipinski definition) is 4. The van der Waals surface area contributed by atoms with Gasteiger partial charge < -0.3 is 19.7 Å². The molecule has 0 aromatic heterocycles. The van der Waals surface area contributed by atoms with Gasteiger partial charge in [0.1, 0.15) is 6.10 Å². The van der Waals surface area contributed by atoms with E-state index in [-0.39, 0.29) is 51.5 Å². The predicted octanol–water partition coefficient (Wildman–Crippen LogP) is 5.85. The molecule has 0 bridgehead atoms. The van der Waals surface area contributed by atoms with Crippen LogP contribution in [0.25, 0.3) is 0 Å². The van der Waals surface area contributed by atoms with Crippen molar-refractivity contribution in [1.29, 1.82) is 0 Å². The highest BCUT2D eigenvalue weighted by atomic mass is 16.7. The molecule has 34 heavy (non-hydrogen) atoms. The Kier molecular flexibility index (Phi) is 5.01. The molecule has 192 valence electrons. The van der Waals surface area contributed by atoms with Gasteiger partial charge >= 0.3 is 0 Å². The van der Waals surface area contributed by atoms with Crippen molar-refractivity contribution in [3.63, 3.8) is 0 Å². The van der Waals surface area contributed by atoms with Crippen LogP contribution < -0.4 is 0 Å². The fraction of sp³-hybridized carbons (Fsp3) is 0.933. The van der Waals surface area contributed by atoms with Crippen molar-refractivity contribution in [3.8, 4) is 0 Å². The summed E-state index contributed by atoms with van der Waals surface area (Å²) in [6.07, 6.45) is 11.0. The number of allylic oxidation sites excluding steroid dienone is 2. The van der Waals surface area contributed by atoms with Crippen LogP contribution >= 0.6 is 0 Å². The zero-order valence-corrected chi connectivity index (χ0v) is 22.6. The number of aliphatic hydroxyl groups is 2. The van der Waals surface area contributed by atoms with Crippen LogP contribution in [0.2, 0.25) is 0 Å². The molecule has 5 fully saturated rings. The quantitative estimate of drug-likeness (QED) is 0.391. The molecular weight excluding hydrogens is 424 g/mol. The number of hydrogen-bond donors (Lipinski definition) is 2. The van der Waals surface area contributed by atoms with Crippen LogP contribution in [-0.2, 0) is 9.47 Å². The third-order valence-corrected chi connectivity index (χ3v) is 13.0. The number of aliphatic hydroxyl groups excluding tert-OH is 2. The van der Waals surface area contributed by atoms with Crippen LogP contribution in [0, 0.1) is 45.3 Å². The van der Waals surface area contributed by atoms with Gasteiger partial charge in [-0.25, -0.2) is 0 Å². The second-order valence-electron chi connectivity index (χ2n) is 14.9. The molecule has 3 saturated carbocycles. The van der Waals surface area contributed by atoms with Gasteiger partial charge in [-0.05, 0) is 105 Å². The molecule has 2 heterocycles. The molecule has 2 saturated heterocycles. The summed E-state index contributed by atoms with van der Waals surface area (Å²) in [4.78, 5) is 0. The van der Waals surface area contributed by atoms with Crippen molar-refractivity contribution >= 4 is 0 Å². The van der Waals surface area contributed by atoms with Crippen molar-refractivity contribution in [1.82, 2.24) is 0 Å². The number of epoxide rings is 1. The van der Waals surface area contributed by atoms with Crippen LogP contribution in [0.15, 0.2) is 11.6 Å². The van der Waals surface area contributed by atoms with E-state index in [9.17, 15) is 10.2 Å². The summed E-state index contributed by atoms with van der Waals surface area (Å²) >= 11 is 0.